The number of nitrogens with one attached hydrogen (secondary N) is 2. The van der Waals surface area contributed by atoms with E-state index < -0.39 is 0 Å². The Balaban J connectivity index is 1.86. The van der Waals surface area contributed by atoms with Crippen molar-refractivity contribution in [2.24, 2.45) is 11.8 Å². The molecule has 5 nitrogen and oxygen atoms in total. The highest BCUT2D eigenvalue weighted by atomic mass is 16.2. The zero-order valence-electron chi connectivity index (χ0n) is 10.5. The molecule has 2 saturated heterocycles. The lowest BCUT2D eigenvalue weighted by molar-refractivity contribution is -0.134. The Bertz CT molecular complexity index is 307. The van der Waals surface area contributed by atoms with E-state index in [0.717, 1.165) is 19.5 Å². The monoisotopic (exact) mass is 239 g/mol. The quantitative estimate of drug-likeness (QED) is 0.688. The number of amides is 2. The van der Waals surface area contributed by atoms with Crippen molar-refractivity contribution in [3.05, 3.63) is 0 Å². The first kappa shape index (κ1) is 12.4. The first-order chi connectivity index (χ1) is 8.08. The van der Waals surface area contributed by atoms with E-state index in [-0.39, 0.29) is 24.4 Å². The molecule has 2 heterocycles. The SMILES string of the molecule is CC(C)C1CCN(C(=O)C2CNC(=O)CN2)C1. The standard InChI is InChI=1S/C12H21N3O2/c1-8(2)9-3-4-15(7-9)12(17)10-5-14-11(16)6-13-10/h8-10,13H,3-7H2,1-2H3,(H,14,16). The van der Waals surface area contributed by atoms with Crippen LogP contribution in [-0.4, -0.2) is 48.9 Å². The summed E-state index contributed by atoms with van der Waals surface area (Å²) in [5, 5.41) is 5.71. The molecule has 0 aromatic heterocycles. The van der Waals surface area contributed by atoms with Crippen LogP contribution in [0.4, 0.5) is 0 Å². The molecule has 5 heteroatoms. The summed E-state index contributed by atoms with van der Waals surface area (Å²) < 4.78 is 0. The van der Waals surface area contributed by atoms with E-state index in [2.05, 4.69) is 24.5 Å². The van der Waals surface area contributed by atoms with Crippen LogP contribution in [0.25, 0.3) is 0 Å². The van der Waals surface area contributed by atoms with Gasteiger partial charge in [0.05, 0.1) is 6.54 Å². The van der Waals surface area contributed by atoms with Crippen LogP contribution in [0.3, 0.4) is 0 Å². The number of carbonyl (C=O) groups excluding carboxylic acids is 2. The fourth-order valence-corrected chi connectivity index (χ4v) is 2.49. The van der Waals surface area contributed by atoms with E-state index >= 15 is 0 Å². The van der Waals surface area contributed by atoms with Crippen LogP contribution < -0.4 is 10.6 Å². The number of hydrogen-bond acceptors (Lipinski definition) is 3. The lowest BCUT2D eigenvalue weighted by atomic mass is 9.95. The summed E-state index contributed by atoms with van der Waals surface area (Å²) in [6.45, 7) is 6.80. The first-order valence-corrected chi connectivity index (χ1v) is 6.37. The van der Waals surface area contributed by atoms with Crippen LogP contribution in [-0.2, 0) is 9.59 Å². The van der Waals surface area contributed by atoms with Crippen molar-refractivity contribution >= 4 is 11.8 Å². The van der Waals surface area contributed by atoms with Gasteiger partial charge in [0.2, 0.25) is 11.8 Å². The Morgan fingerprint density at radius 2 is 2.24 bits per heavy atom. The predicted molar refractivity (Wildman–Crippen MR) is 64.3 cm³/mol. The van der Waals surface area contributed by atoms with Crippen LogP contribution in [0.15, 0.2) is 0 Å². The summed E-state index contributed by atoms with van der Waals surface area (Å²) in [6.07, 6.45) is 1.10. The van der Waals surface area contributed by atoms with Gasteiger partial charge in [-0.15, -0.1) is 0 Å². The number of piperazine rings is 1. The van der Waals surface area contributed by atoms with Crippen molar-refractivity contribution in [1.29, 1.82) is 0 Å². The van der Waals surface area contributed by atoms with Crippen molar-refractivity contribution in [2.45, 2.75) is 26.3 Å². The van der Waals surface area contributed by atoms with Crippen molar-refractivity contribution in [3.63, 3.8) is 0 Å². The maximum Gasteiger partial charge on any atom is 0.241 e. The van der Waals surface area contributed by atoms with Gasteiger partial charge in [-0.05, 0) is 18.3 Å². The van der Waals surface area contributed by atoms with Crippen molar-refractivity contribution in [2.75, 3.05) is 26.2 Å². The van der Waals surface area contributed by atoms with Crippen molar-refractivity contribution in [3.8, 4) is 0 Å². The predicted octanol–water partition coefficient (Wildman–Crippen LogP) is -0.421. The topological polar surface area (TPSA) is 61.4 Å². The summed E-state index contributed by atoms with van der Waals surface area (Å²) in [7, 11) is 0. The number of rotatable bonds is 2. The summed E-state index contributed by atoms with van der Waals surface area (Å²) >= 11 is 0. The van der Waals surface area contributed by atoms with E-state index in [9.17, 15) is 9.59 Å². The Morgan fingerprint density at radius 1 is 1.47 bits per heavy atom. The second kappa shape index (κ2) is 5.04. The highest BCUT2D eigenvalue weighted by Gasteiger charge is 2.33. The number of hydrogen-bond donors (Lipinski definition) is 2. The molecule has 0 bridgehead atoms. The molecular formula is C12H21N3O2. The van der Waals surface area contributed by atoms with E-state index in [4.69, 9.17) is 0 Å². The van der Waals surface area contributed by atoms with Crippen LogP contribution in [0, 0.1) is 11.8 Å². The second-order valence-corrected chi connectivity index (χ2v) is 5.31. The van der Waals surface area contributed by atoms with E-state index in [1.165, 1.54) is 0 Å². The molecule has 2 aliphatic heterocycles. The van der Waals surface area contributed by atoms with Crippen molar-refractivity contribution < 1.29 is 9.59 Å². The van der Waals surface area contributed by atoms with E-state index in [1.54, 1.807) is 0 Å². The molecule has 96 valence electrons. The van der Waals surface area contributed by atoms with E-state index in [0.29, 0.717) is 18.4 Å². The molecule has 0 aromatic carbocycles. The molecule has 17 heavy (non-hydrogen) atoms. The number of carbonyl (C=O) groups is 2. The van der Waals surface area contributed by atoms with Crippen LogP contribution in [0.5, 0.6) is 0 Å². The molecule has 2 rings (SSSR count). The summed E-state index contributed by atoms with van der Waals surface area (Å²) in [4.78, 5) is 25.1. The normalized spacial score (nSPS) is 29.6. The molecular weight excluding hydrogens is 218 g/mol. The van der Waals surface area contributed by atoms with Gasteiger partial charge < -0.3 is 10.2 Å². The minimum atomic E-state index is -0.237. The summed E-state index contributed by atoms with van der Waals surface area (Å²) in [6, 6.07) is -0.237. The number of nitrogens with zero attached hydrogens (tertiary/aromatic N) is 1. The maximum absolute atomic E-state index is 12.2. The Labute approximate surface area is 102 Å². The molecule has 2 amide bonds. The molecule has 2 N–H and O–H groups in total. The largest absolute Gasteiger partial charge is 0.353 e. The zero-order valence-corrected chi connectivity index (χ0v) is 10.5. The van der Waals surface area contributed by atoms with Gasteiger partial charge in [-0.3, -0.25) is 14.9 Å². The number of likely N-dealkylation sites (tertiary alicyclic amines) is 1. The average molecular weight is 239 g/mol. The summed E-state index contributed by atoms with van der Waals surface area (Å²) in [5.41, 5.74) is 0. The van der Waals surface area contributed by atoms with Gasteiger partial charge in [0.1, 0.15) is 6.04 Å². The van der Waals surface area contributed by atoms with Gasteiger partial charge in [-0.25, -0.2) is 0 Å². The Kier molecular flexibility index (Phi) is 3.66. The lowest BCUT2D eigenvalue weighted by Crippen LogP contribution is -2.58. The third-order valence-electron chi connectivity index (χ3n) is 3.79. The fraction of sp³-hybridized carbons (Fsp3) is 0.833. The second-order valence-electron chi connectivity index (χ2n) is 5.31. The van der Waals surface area contributed by atoms with Gasteiger partial charge >= 0.3 is 0 Å². The van der Waals surface area contributed by atoms with Crippen LogP contribution in [0.1, 0.15) is 20.3 Å². The average Bonchev–Trinajstić information content (AvgIpc) is 2.78. The molecule has 2 aliphatic rings. The zero-order chi connectivity index (χ0) is 12.4. The fourth-order valence-electron chi connectivity index (χ4n) is 2.49. The van der Waals surface area contributed by atoms with Gasteiger partial charge in [0, 0.05) is 19.6 Å². The molecule has 0 aromatic rings. The minimum absolute atomic E-state index is 0.0319. The molecule has 0 aliphatic carbocycles. The molecule has 0 radical (unpaired) electrons. The van der Waals surface area contributed by atoms with Gasteiger partial charge in [0.15, 0.2) is 0 Å². The Morgan fingerprint density at radius 3 is 2.76 bits per heavy atom. The third-order valence-corrected chi connectivity index (χ3v) is 3.79. The van der Waals surface area contributed by atoms with Gasteiger partial charge in [0.25, 0.3) is 0 Å². The third kappa shape index (κ3) is 2.77. The maximum atomic E-state index is 12.2. The Hall–Kier alpha value is -1.10. The first-order valence-electron chi connectivity index (χ1n) is 6.37. The van der Waals surface area contributed by atoms with E-state index in [1.807, 2.05) is 4.90 Å². The highest BCUT2D eigenvalue weighted by molar-refractivity contribution is 5.86. The van der Waals surface area contributed by atoms with Crippen molar-refractivity contribution in [1.82, 2.24) is 15.5 Å². The van der Waals surface area contributed by atoms with Gasteiger partial charge in [-0.1, -0.05) is 13.8 Å². The molecule has 2 unspecified atom stereocenters. The van der Waals surface area contributed by atoms with Crippen LogP contribution >= 0.6 is 0 Å². The summed E-state index contributed by atoms with van der Waals surface area (Å²) in [5.74, 6) is 1.35. The van der Waals surface area contributed by atoms with Crippen LogP contribution in [0.2, 0.25) is 0 Å². The smallest absolute Gasteiger partial charge is 0.241 e. The lowest BCUT2D eigenvalue weighted by Gasteiger charge is -2.27. The highest BCUT2D eigenvalue weighted by Crippen LogP contribution is 2.23. The minimum Gasteiger partial charge on any atom is -0.353 e. The molecule has 2 atom stereocenters. The van der Waals surface area contributed by atoms with Gasteiger partial charge in [-0.2, -0.15) is 0 Å². The molecule has 2 fully saturated rings. The molecule has 0 saturated carbocycles. The molecule has 0 spiro atoms.